The molecule has 0 amide bonds. The number of phenolic OH excluding ortho intramolecular Hbond substituents is 1. The molecule has 3 heteroatoms. The molecule has 0 heterocycles. The van der Waals surface area contributed by atoms with Gasteiger partial charge in [-0.3, -0.25) is 0 Å². The van der Waals surface area contributed by atoms with Crippen LogP contribution in [0.15, 0.2) is 72.8 Å². The number of nitrogen functional groups attached to an aromatic ring is 1. The summed E-state index contributed by atoms with van der Waals surface area (Å²) >= 11 is 0. The summed E-state index contributed by atoms with van der Waals surface area (Å²) in [7, 11) is 0. The van der Waals surface area contributed by atoms with Gasteiger partial charge in [-0.05, 0) is 42.0 Å². The van der Waals surface area contributed by atoms with Crippen molar-refractivity contribution in [3.8, 4) is 28.4 Å². The monoisotopic (exact) mass is 277 g/mol. The Labute approximate surface area is 123 Å². The first-order valence-corrected chi connectivity index (χ1v) is 6.65. The Bertz CT molecular complexity index is 717. The van der Waals surface area contributed by atoms with Gasteiger partial charge in [0.2, 0.25) is 0 Å². The average Bonchev–Trinajstić information content (AvgIpc) is 2.50. The van der Waals surface area contributed by atoms with Crippen molar-refractivity contribution in [1.82, 2.24) is 0 Å². The van der Waals surface area contributed by atoms with E-state index in [1.807, 2.05) is 54.6 Å². The van der Waals surface area contributed by atoms with Gasteiger partial charge in [0.25, 0.3) is 0 Å². The summed E-state index contributed by atoms with van der Waals surface area (Å²) in [6.45, 7) is 0. The SMILES string of the molecule is Nc1cccc(O)c1-c1ccc(Oc2ccccc2)cc1. The zero-order valence-electron chi connectivity index (χ0n) is 11.4. The minimum Gasteiger partial charge on any atom is -0.507 e. The van der Waals surface area contributed by atoms with Crippen molar-refractivity contribution in [3.05, 3.63) is 72.8 Å². The molecule has 0 aliphatic carbocycles. The second-order valence-electron chi connectivity index (χ2n) is 4.68. The van der Waals surface area contributed by atoms with E-state index in [9.17, 15) is 5.11 Å². The van der Waals surface area contributed by atoms with Crippen LogP contribution in [0, 0.1) is 0 Å². The molecule has 0 spiro atoms. The van der Waals surface area contributed by atoms with Gasteiger partial charge in [-0.1, -0.05) is 36.4 Å². The molecule has 0 unspecified atom stereocenters. The Balaban J connectivity index is 1.88. The van der Waals surface area contributed by atoms with E-state index in [1.165, 1.54) is 0 Å². The van der Waals surface area contributed by atoms with Crippen LogP contribution in [0.5, 0.6) is 17.2 Å². The summed E-state index contributed by atoms with van der Waals surface area (Å²) in [6, 6.07) is 22.2. The Morgan fingerprint density at radius 2 is 1.38 bits per heavy atom. The number of benzene rings is 3. The molecule has 3 rings (SSSR count). The molecule has 0 saturated carbocycles. The van der Waals surface area contributed by atoms with Gasteiger partial charge in [0.1, 0.15) is 17.2 Å². The molecule has 0 aliphatic rings. The molecular formula is C18H15NO2. The van der Waals surface area contributed by atoms with Crippen molar-refractivity contribution in [2.75, 3.05) is 5.73 Å². The van der Waals surface area contributed by atoms with Crippen LogP contribution in [0.1, 0.15) is 0 Å². The molecule has 3 N–H and O–H groups in total. The summed E-state index contributed by atoms with van der Waals surface area (Å²) in [4.78, 5) is 0. The lowest BCUT2D eigenvalue weighted by Crippen LogP contribution is -1.90. The molecule has 21 heavy (non-hydrogen) atoms. The summed E-state index contributed by atoms with van der Waals surface area (Å²) < 4.78 is 5.74. The largest absolute Gasteiger partial charge is 0.507 e. The van der Waals surface area contributed by atoms with E-state index in [-0.39, 0.29) is 5.75 Å². The zero-order valence-corrected chi connectivity index (χ0v) is 11.4. The highest BCUT2D eigenvalue weighted by Crippen LogP contribution is 2.35. The lowest BCUT2D eigenvalue weighted by Gasteiger charge is -2.10. The summed E-state index contributed by atoms with van der Waals surface area (Å²) in [5.41, 5.74) is 7.97. The predicted molar refractivity (Wildman–Crippen MR) is 84.5 cm³/mol. The first-order valence-electron chi connectivity index (χ1n) is 6.65. The minimum absolute atomic E-state index is 0.173. The fraction of sp³-hybridized carbons (Fsp3) is 0. The van der Waals surface area contributed by atoms with Gasteiger partial charge in [-0.2, -0.15) is 0 Å². The molecule has 0 aliphatic heterocycles. The number of anilines is 1. The molecule has 0 bridgehead atoms. The van der Waals surface area contributed by atoms with Crippen molar-refractivity contribution >= 4 is 5.69 Å². The first-order chi connectivity index (χ1) is 10.2. The van der Waals surface area contributed by atoms with E-state index < -0.39 is 0 Å². The Morgan fingerprint density at radius 3 is 2.05 bits per heavy atom. The predicted octanol–water partition coefficient (Wildman–Crippen LogP) is 4.43. The van der Waals surface area contributed by atoms with E-state index in [0.717, 1.165) is 17.1 Å². The van der Waals surface area contributed by atoms with Crippen LogP contribution < -0.4 is 10.5 Å². The zero-order chi connectivity index (χ0) is 14.7. The number of hydrogen-bond donors (Lipinski definition) is 2. The van der Waals surface area contributed by atoms with Crippen LogP contribution in [0.2, 0.25) is 0 Å². The number of rotatable bonds is 3. The number of aromatic hydroxyl groups is 1. The van der Waals surface area contributed by atoms with E-state index in [1.54, 1.807) is 18.2 Å². The normalized spacial score (nSPS) is 10.3. The minimum atomic E-state index is 0.173. The average molecular weight is 277 g/mol. The maximum atomic E-state index is 9.94. The van der Waals surface area contributed by atoms with Crippen molar-refractivity contribution < 1.29 is 9.84 Å². The van der Waals surface area contributed by atoms with E-state index in [0.29, 0.717) is 11.3 Å². The Hall–Kier alpha value is -2.94. The quantitative estimate of drug-likeness (QED) is 0.696. The van der Waals surface area contributed by atoms with Crippen molar-refractivity contribution in [2.45, 2.75) is 0 Å². The van der Waals surface area contributed by atoms with E-state index >= 15 is 0 Å². The fourth-order valence-corrected chi connectivity index (χ4v) is 2.19. The van der Waals surface area contributed by atoms with Gasteiger partial charge >= 0.3 is 0 Å². The topological polar surface area (TPSA) is 55.5 Å². The fourth-order valence-electron chi connectivity index (χ4n) is 2.19. The Kier molecular flexibility index (Phi) is 3.48. The first kappa shape index (κ1) is 13.1. The third-order valence-electron chi connectivity index (χ3n) is 3.20. The van der Waals surface area contributed by atoms with Gasteiger partial charge in [0, 0.05) is 11.3 Å². The molecule has 0 radical (unpaired) electrons. The highest BCUT2D eigenvalue weighted by Gasteiger charge is 2.08. The van der Waals surface area contributed by atoms with Crippen LogP contribution in [-0.2, 0) is 0 Å². The van der Waals surface area contributed by atoms with Crippen LogP contribution in [-0.4, -0.2) is 5.11 Å². The number of hydrogen-bond acceptors (Lipinski definition) is 3. The van der Waals surface area contributed by atoms with Crippen LogP contribution in [0.3, 0.4) is 0 Å². The molecule has 0 fully saturated rings. The molecule has 0 saturated heterocycles. The molecule has 0 aromatic heterocycles. The van der Waals surface area contributed by atoms with Crippen molar-refractivity contribution in [3.63, 3.8) is 0 Å². The van der Waals surface area contributed by atoms with Gasteiger partial charge in [0.15, 0.2) is 0 Å². The van der Waals surface area contributed by atoms with E-state index in [4.69, 9.17) is 10.5 Å². The van der Waals surface area contributed by atoms with Gasteiger partial charge in [-0.25, -0.2) is 0 Å². The maximum Gasteiger partial charge on any atom is 0.127 e. The molecule has 3 aromatic rings. The number of phenols is 1. The van der Waals surface area contributed by atoms with Gasteiger partial charge in [-0.15, -0.1) is 0 Å². The second-order valence-corrected chi connectivity index (χ2v) is 4.68. The number of para-hydroxylation sites is 1. The van der Waals surface area contributed by atoms with Gasteiger partial charge < -0.3 is 15.6 Å². The van der Waals surface area contributed by atoms with Crippen LogP contribution in [0.25, 0.3) is 11.1 Å². The van der Waals surface area contributed by atoms with Crippen molar-refractivity contribution in [2.24, 2.45) is 0 Å². The molecule has 104 valence electrons. The van der Waals surface area contributed by atoms with Gasteiger partial charge in [0.05, 0.1) is 0 Å². The Morgan fingerprint density at radius 1 is 0.714 bits per heavy atom. The highest BCUT2D eigenvalue weighted by molar-refractivity contribution is 5.81. The number of ether oxygens (including phenoxy) is 1. The summed E-state index contributed by atoms with van der Waals surface area (Å²) in [5.74, 6) is 1.69. The highest BCUT2D eigenvalue weighted by atomic mass is 16.5. The molecule has 3 nitrogen and oxygen atoms in total. The summed E-state index contributed by atoms with van der Waals surface area (Å²) in [5, 5.41) is 9.94. The molecule has 0 atom stereocenters. The summed E-state index contributed by atoms with van der Waals surface area (Å²) in [6.07, 6.45) is 0. The van der Waals surface area contributed by atoms with Crippen LogP contribution >= 0.6 is 0 Å². The van der Waals surface area contributed by atoms with E-state index in [2.05, 4.69) is 0 Å². The maximum absolute atomic E-state index is 9.94. The van der Waals surface area contributed by atoms with Crippen LogP contribution in [0.4, 0.5) is 5.69 Å². The third kappa shape index (κ3) is 2.82. The smallest absolute Gasteiger partial charge is 0.127 e. The van der Waals surface area contributed by atoms with Crippen molar-refractivity contribution in [1.29, 1.82) is 0 Å². The second kappa shape index (κ2) is 5.59. The molecule has 3 aromatic carbocycles. The lowest BCUT2D eigenvalue weighted by molar-refractivity contribution is 0.477. The third-order valence-corrected chi connectivity index (χ3v) is 3.20. The number of nitrogens with two attached hydrogens (primary N) is 1. The lowest BCUT2D eigenvalue weighted by atomic mass is 10.0. The molecular weight excluding hydrogens is 262 g/mol. The standard InChI is InChI=1S/C18H15NO2/c19-16-7-4-8-17(20)18(16)13-9-11-15(12-10-13)21-14-5-2-1-3-6-14/h1-12,20H,19H2.